The van der Waals surface area contributed by atoms with Crippen LogP contribution in [0.2, 0.25) is 5.02 Å². The number of aromatic nitrogens is 2. The number of nitriles is 1. The molecule has 0 aliphatic heterocycles. The van der Waals surface area contributed by atoms with Crippen molar-refractivity contribution in [3.8, 4) is 11.8 Å². The van der Waals surface area contributed by atoms with Crippen LogP contribution < -0.4 is 0 Å². The standard InChI is InChI=1S/C23H18ClN3S2/c1-14-8-9-18(24)12-21(14)27-15(2)10-17(16(27)3)11-19(13-25)28-23-26-20-6-4-5-7-22(20)29-23/h4-12H,1-3H3. The lowest BCUT2D eigenvalue weighted by atomic mass is 10.2. The number of thiazole rings is 1. The Hall–Kier alpha value is -2.52. The number of hydrogen-bond acceptors (Lipinski definition) is 4. The van der Waals surface area contributed by atoms with E-state index in [1.54, 1.807) is 11.3 Å². The smallest absolute Gasteiger partial charge is 0.156 e. The number of benzene rings is 2. The van der Waals surface area contributed by atoms with Crippen molar-refractivity contribution < 1.29 is 0 Å². The van der Waals surface area contributed by atoms with Crippen LogP contribution in [-0.2, 0) is 0 Å². The SMILES string of the molecule is Cc1ccc(Cl)cc1-n1c(C)cc(C=C(C#N)Sc2nc3ccccc3s2)c1C. The fourth-order valence-corrected chi connectivity index (χ4v) is 5.47. The first kappa shape index (κ1) is 19.8. The van der Waals surface area contributed by atoms with Crippen molar-refractivity contribution in [1.82, 2.24) is 9.55 Å². The van der Waals surface area contributed by atoms with E-state index in [9.17, 15) is 5.26 Å². The van der Waals surface area contributed by atoms with E-state index in [0.717, 1.165) is 42.8 Å². The van der Waals surface area contributed by atoms with Crippen LogP contribution >= 0.6 is 34.7 Å². The van der Waals surface area contributed by atoms with Gasteiger partial charge < -0.3 is 4.57 Å². The number of halogens is 1. The highest BCUT2D eigenvalue weighted by Crippen LogP contribution is 2.35. The average Bonchev–Trinajstić information content (AvgIpc) is 3.23. The second-order valence-electron chi connectivity index (χ2n) is 6.76. The second-order valence-corrected chi connectivity index (χ2v) is 9.52. The zero-order chi connectivity index (χ0) is 20.5. The Morgan fingerprint density at radius 1 is 1.17 bits per heavy atom. The predicted molar refractivity (Wildman–Crippen MR) is 124 cm³/mol. The van der Waals surface area contributed by atoms with Crippen LogP contribution in [0.3, 0.4) is 0 Å². The van der Waals surface area contributed by atoms with Gasteiger partial charge in [0.25, 0.3) is 0 Å². The molecule has 0 aliphatic rings. The van der Waals surface area contributed by atoms with Crippen LogP contribution in [0.5, 0.6) is 0 Å². The van der Waals surface area contributed by atoms with E-state index in [1.807, 2.05) is 48.5 Å². The molecule has 0 saturated carbocycles. The van der Waals surface area contributed by atoms with E-state index < -0.39 is 0 Å². The Morgan fingerprint density at radius 3 is 2.72 bits per heavy atom. The normalized spacial score (nSPS) is 11.8. The Balaban J connectivity index is 1.71. The highest BCUT2D eigenvalue weighted by Gasteiger charge is 2.14. The third-order valence-electron chi connectivity index (χ3n) is 4.75. The van der Waals surface area contributed by atoms with Gasteiger partial charge in [0.1, 0.15) is 6.07 Å². The monoisotopic (exact) mass is 435 g/mol. The van der Waals surface area contributed by atoms with Crippen LogP contribution in [0.1, 0.15) is 22.5 Å². The molecule has 29 heavy (non-hydrogen) atoms. The zero-order valence-corrected chi connectivity index (χ0v) is 18.6. The van der Waals surface area contributed by atoms with Gasteiger partial charge in [0.05, 0.1) is 15.1 Å². The van der Waals surface area contributed by atoms with Crippen molar-refractivity contribution in [2.24, 2.45) is 0 Å². The lowest BCUT2D eigenvalue weighted by Crippen LogP contribution is -2.01. The van der Waals surface area contributed by atoms with Gasteiger partial charge in [0, 0.05) is 22.1 Å². The first-order valence-corrected chi connectivity index (χ1v) is 11.1. The molecule has 0 saturated heterocycles. The molecule has 0 N–H and O–H groups in total. The lowest BCUT2D eigenvalue weighted by Gasteiger charge is -2.13. The summed E-state index contributed by atoms with van der Waals surface area (Å²) >= 11 is 9.25. The number of hydrogen-bond donors (Lipinski definition) is 0. The number of nitrogens with zero attached hydrogens (tertiary/aromatic N) is 3. The molecule has 3 nitrogen and oxygen atoms in total. The van der Waals surface area contributed by atoms with Gasteiger partial charge in [-0.2, -0.15) is 5.26 Å². The molecule has 2 heterocycles. The Kier molecular flexibility index (Phi) is 5.51. The first-order chi connectivity index (χ1) is 14.0. The van der Waals surface area contributed by atoms with Gasteiger partial charge in [-0.05, 0) is 80.1 Å². The van der Waals surface area contributed by atoms with E-state index in [4.69, 9.17) is 11.6 Å². The molecule has 0 spiro atoms. The maximum absolute atomic E-state index is 9.70. The van der Waals surface area contributed by atoms with Crippen molar-refractivity contribution in [2.45, 2.75) is 25.1 Å². The maximum Gasteiger partial charge on any atom is 0.156 e. The third-order valence-corrected chi connectivity index (χ3v) is 7.01. The average molecular weight is 436 g/mol. The number of fused-ring (bicyclic) bond motifs is 1. The number of allylic oxidation sites excluding steroid dienone is 1. The van der Waals surface area contributed by atoms with Crippen molar-refractivity contribution in [1.29, 1.82) is 5.26 Å². The molecule has 0 bridgehead atoms. The van der Waals surface area contributed by atoms with Gasteiger partial charge >= 0.3 is 0 Å². The van der Waals surface area contributed by atoms with Crippen LogP contribution in [-0.4, -0.2) is 9.55 Å². The summed E-state index contributed by atoms with van der Waals surface area (Å²) in [4.78, 5) is 5.24. The molecule has 0 radical (unpaired) electrons. The molecule has 2 aromatic heterocycles. The van der Waals surface area contributed by atoms with Gasteiger partial charge in [-0.25, -0.2) is 4.98 Å². The number of aryl methyl sites for hydroxylation is 2. The van der Waals surface area contributed by atoms with Crippen molar-refractivity contribution in [3.05, 3.63) is 81.0 Å². The van der Waals surface area contributed by atoms with E-state index in [1.165, 1.54) is 11.8 Å². The van der Waals surface area contributed by atoms with E-state index in [2.05, 4.69) is 42.5 Å². The van der Waals surface area contributed by atoms with Crippen LogP contribution in [0.15, 0.2) is 57.8 Å². The summed E-state index contributed by atoms with van der Waals surface area (Å²) in [5, 5.41) is 10.4. The molecule has 0 aliphatic carbocycles. The number of thioether (sulfide) groups is 1. The Bertz CT molecular complexity index is 1260. The summed E-state index contributed by atoms with van der Waals surface area (Å²) in [7, 11) is 0. The van der Waals surface area contributed by atoms with Gasteiger partial charge in [0.15, 0.2) is 4.34 Å². The summed E-state index contributed by atoms with van der Waals surface area (Å²) in [5.74, 6) is 0. The van der Waals surface area contributed by atoms with Crippen molar-refractivity contribution in [2.75, 3.05) is 0 Å². The molecule has 0 unspecified atom stereocenters. The van der Waals surface area contributed by atoms with Gasteiger partial charge in [-0.15, -0.1) is 11.3 Å². The zero-order valence-electron chi connectivity index (χ0n) is 16.2. The predicted octanol–water partition coefficient (Wildman–Crippen LogP) is 7.32. The van der Waals surface area contributed by atoms with Crippen LogP contribution in [0.25, 0.3) is 22.0 Å². The largest absolute Gasteiger partial charge is 0.318 e. The van der Waals surface area contributed by atoms with Crippen molar-refractivity contribution in [3.63, 3.8) is 0 Å². The van der Waals surface area contributed by atoms with E-state index >= 15 is 0 Å². The minimum atomic E-state index is 0.618. The van der Waals surface area contributed by atoms with Crippen LogP contribution in [0, 0.1) is 32.1 Å². The number of para-hydroxylation sites is 1. The second kappa shape index (κ2) is 8.08. The fraction of sp³-hybridized carbons (Fsp3) is 0.130. The van der Waals surface area contributed by atoms with Crippen LogP contribution in [0.4, 0.5) is 0 Å². The topological polar surface area (TPSA) is 41.6 Å². The summed E-state index contributed by atoms with van der Waals surface area (Å²) in [6.45, 7) is 6.21. The molecule has 2 aromatic carbocycles. The van der Waals surface area contributed by atoms with Gasteiger partial charge in [-0.3, -0.25) is 0 Å². The summed E-state index contributed by atoms with van der Waals surface area (Å²) in [6, 6.07) is 18.3. The first-order valence-electron chi connectivity index (χ1n) is 9.07. The quantitative estimate of drug-likeness (QED) is 0.249. The molecule has 4 rings (SSSR count). The van der Waals surface area contributed by atoms with E-state index in [0.29, 0.717) is 9.93 Å². The molecule has 0 amide bonds. The minimum Gasteiger partial charge on any atom is -0.318 e. The minimum absolute atomic E-state index is 0.618. The fourth-order valence-electron chi connectivity index (χ4n) is 3.34. The van der Waals surface area contributed by atoms with E-state index in [-0.39, 0.29) is 0 Å². The number of rotatable bonds is 4. The lowest BCUT2D eigenvalue weighted by molar-refractivity contribution is 0.954. The molecule has 0 fully saturated rings. The highest BCUT2D eigenvalue weighted by atomic mass is 35.5. The molecule has 0 atom stereocenters. The van der Waals surface area contributed by atoms with Gasteiger partial charge in [-0.1, -0.05) is 29.8 Å². The van der Waals surface area contributed by atoms with Crippen molar-refractivity contribution >= 4 is 51.0 Å². The molecule has 6 heteroatoms. The molecular weight excluding hydrogens is 418 g/mol. The molecule has 144 valence electrons. The summed E-state index contributed by atoms with van der Waals surface area (Å²) in [6.07, 6.45) is 1.94. The summed E-state index contributed by atoms with van der Waals surface area (Å²) < 4.78 is 4.19. The summed E-state index contributed by atoms with van der Waals surface area (Å²) in [5.41, 5.74) is 6.37. The maximum atomic E-state index is 9.70. The Morgan fingerprint density at radius 2 is 1.97 bits per heavy atom. The Labute approximate surface area is 183 Å². The molecule has 4 aromatic rings. The highest BCUT2D eigenvalue weighted by molar-refractivity contribution is 8.05. The van der Waals surface area contributed by atoms with Gasteiger partial charge in [0.2, 0.25) is 0 Å². The third kappa shape index (κ3) is 3.97. The molecular formula is C23H18ClN3S2.